The van der Waals surface area contributed by atoms with Gasteiger partial charge in [0.25, 0.3) is 0 Å². The zero-order valence-electron chi connectivity index (χ0n) is 6.42. The first kappa shape index (κ1) is 6.62. The van der Waals surface area contributed by atoms with Crippen LogP contribution in [-0.2, 0) is 0 Å². The van der Waals surface area contributed by atoms with Crippen molar-refractivity contribution in [3.63, 3.8) is 0 Å². The molecule has 2 rings (SSSR count). The van der Waals surface area contributed by atoms with Gasteiger partial charge in [-0.3, -0.25) is 0 Å². The molecule has 0 aromatic rings. The summed E-state index contributed by atoms with van der Waals surface area (Å²) in [7, 11) is 0. The molecule has 2 N–H and O–H groups in total. The molecular weight excluding hydrogens is 124 g/mol. The van der Waals surface area contributed by atoms with Gasteiger partial charge in [0.05, 0.1) is 0 Å². The second-order valence-corrected chi connectivity index (χ2v) is 3.62. The van der Waals surface area contributed by atoms with Gasteiger partial charge >= 0.3 is 0 Å². The van der Waals surface area contributed by atoms with E-state index in [1.54, 1.807) is 0 Å². The van der Waals surface area contributed by atoms with Gasteiger partial charge in [0.1, 0.15) is 0 Å². The Balaban J connectivity index is 1.96. The molecule has 2 atom stereocenters. The van der Waals surface area contributed by atoms with Crippen molar-refractivity contribution in [1.82, 2.24) is 4.90 Å². The summed E-state index contributed by atoms with van der Waals surface area (Å²) in [6.45, 7) is 2.59. The summed E-state index contributed by atoms with van der Waals surface area (Å²) >= 11 is 0. The van der Waals surface area contributed by atoms with E-state index in [0.717, 1.165) is 6.04 Å². The Morgan fingerprint density at radius 2 is 2.10 bits per heavy atom. The minimum atomic E-state index is 0.499. The Kier molecular flexibility index (Phi) is 1.66. The van der Waals surface area contributed by atoms with Crippen LogP contribution in [0.3, 0.4) is 0 Å². The lowest BCUT2D eigenvalue weighted by Gasteiger charge is -2.32. The van der Waals surface area contributed by atoms with E-state index in [4.69, 9.17) is 5.73 Å². The molecule has 0 unspecified atom stereocenters. The maximum Gasteiger partial charge on any atom is 0.0110 e. The first-order valence-electron chi connectivity index (χ1n) is 4.36. The first-order chi connectivity index (χ1) is 4.86. The molecule has 2 aliphatic rings. The Hall–Kier alpha value is -0.0800. The quantitative estimate of drug-likeness (QED) is 0.533. The number of nitrogens with zero attached hydrogens (tertiary/aromatic N) is 1. The Bertz CT molecular complexity index is 124. The second kappa shape index (κ2) is 2.51. The fraction of sp³-hybridized carbons (Fsp3) is 1.00. The van der Waals surface area contributed by atoms with Crippen LogP contribution in [0.25, 0.3) is 0 Å². The molecule has 0 aromatic heterocycles. The van der Waals surface area contributed by atoms with E-state index in [9.17, 15) is 0 Å². The van der Waals surface area contributed by atoms with Crippen LogP contribution in [-0.4, -0.2) is 30.1 Å². The lowest BCUT2D eigenvalue weighted by atomic mass is 9.99. The molecule has 0 spiro atoms. The largest absolute Gasteiger partial charge is 0.328 e. The van der Waals surface area contributed by atoms with Crippen LogP contribution in [0, 0.1) is 0 Å². The Labute approximate surface area is 62.4 Å². The molecule has 0 bridgehead atoms. The van der Waals surface area contributed by atoms with Crippen LogP contribution in [0.2, 0.25) is 0 Å². The molecule has 2 aliphatic heterocycles. The van der Waals surface area contributed by atoms with E-state index in [0.29, 0.717) is 6.04 Å². The van der Waals surface area contributed by atoms with Crippen molar-refractivity contribution in [3.8, 4) is 0 Å². The van der Waals surface area contributed by atoms with Gasteiger partial charge in [-0.25, -0.2) is 0 Å². The zero-order valence-corrected chi connectivity index (χ0v) is 6.42. The molecule has 0 saturated carbocycles. The van der Waals surface area contributed by atoms with Gasteiger partial charge in [-0.05, 0) is 38.8 Å². The van der Waals surface area contributed by atoms with Gasteiger partial charge in [0.2, 0.25) is 0 Å². The normalized spacial score (nSPS) is 41.7. The highest BCUT2D eigenvalue weighted by atomic mass is 15.2. The van der Waals surface area contributed by atoms with Crippen LogP contribution in [0.15, 0.2) is 0 Å². The average molecular weight is 140 g/mol. The smallest absolute Gasteiger partial charge is 0.0110 e. The number of piperidine rings is 1. The highest BCUT2D eigenvalue weighted by Gasteiger charge is 2.29. The van der Waals surface area contributed by atoms with Crippen LogP contribution in [0.1, 0.15) is 25.7 Å². The minimum absolute atomic E-state index is 0.499. The fourth-order valence-corrected chi connectivity index (χ4v) is 2.26. The van der Waals surface area contributed by atoms with Crippen LogP contribution >= 0.6 is 0 Å². The summed E-state index contributed by atoms with van der Waals surface area (Å²) in [6.07, 6.45) is 5.27. The van der Waals surface area contributed by atoms with Gasteiger partial charge in [-0.2, -0.15) is 0 Å². The Morgan fingerprint density at radius 1 is 1.20 bits per heavy atom. The van der Waals surface area contributed by atoms with E-state index >= 15 is 0 Å². The molecule has 0 amide bonds. The first-order valence-corrected chi connectivity index (χ1v) is 4.36. The molecular formula is C8H16N2. The van der Waals surface area contributed by atoms with Crippen molar-refractivity contribution in [2.45, 2.75) is 37.8 Å². The molecule has 2 fully saturated rings. The lowest BCUT2D eigenvalue weighted by molar-refractivity contribution is 0.182. The van der Waals surface area contributed by atoms with Crippen LogP contribution < -0.4 is 5.73 Å². The molecule has 2 heterocycles. The van der Waals surface area contributed by atoms with Crippen molar-refractivity contribution in [2.24, 2.45) is 5.73 Å². The summed E-state index contributed by atoms with van der Waals surface area (Å²) in [4.78, 5) is 2.60. The van der Waals surface area contributed by atoms with Gasteiger partial charge in [-0.15, -0.1) is 0 Å². The molecule has 0 aromatic carbocycles. The highest BCUT2D eigenvalue weighted by Crippen LogP contribution is 2.25. The van der Waals surface area contributed by atoms with E-state index in [-0.39, 0.29) is 0 Å². The number of hydrogen-bond acceptors (Lipinski definition) is 2. The third kappa shape index (κ3) is 1.06. The molecule has 2 heteroatoms. The monoisotopic (exact) mass is 140 g/mol. The molecule has 2 nitrogen and oxygen atoms in total. The summed E-state index contributed by atoms with van der Waals surface area (Å²) in [5.41, 5.74) is 5.86. The summed E-state index contributed by atoms with van der Waals surface area (Å²) in [5.74, 6) is 0. The summed E-state index contributed by atoms with van der Waals surface area (Å²) in [5, 5.41) is 0. The predicted molar refractivity (Wildman–Crippen MR) is 41.8 cm³/mol. The van der Waals surface area contributed by atoms with E-state index < -0.39 is 0 Å². The molecule has 0 aliphatic carbocycles. The highest BCUT2D eigenvalue weighted by molar-refractivity contribution is 4.87. The SMILES string of the molecule is N[C@@H]1CCN2CCC[C@H]2C1. The zero-order chi connectivity index (χ0) is 6.97. The summed E-state index contributed by atoms with van der Waals surface area (Å²) < 4.78 is 0. The van der Waals surface area contributed by atoms with Gasteiger partial charge in [0.15, 0.2) is 0 Å². The van der Waals surface area contributed by atoms with E-state index in [1.165, 1.54) is 38.8 Å². The predicted octanol–water partition coefficient (Wildman–Crippen LogP) is 0.572. The van der Waals surface area contributed by atoms with Crippen molar-refractivity contribution >= 4 is 0 Å². The van der Waals surface area contributed by atoms with Crippen molar-refractivity contribution < 1.29 is 0 Å². The number of nitrogens with two attached hydrogens (primary N) is 1. The second-order valence-electron chi connectivity index (χ2n) is 3.62. The van der Waals surface area contributed by atoms with Crippen molar-refractivity contribution in [1.29, 1.82) is 0 Å². The number of fused-ring (bicyclic) bond motifs is 1. The topological polar surface area (TPSA) is 29.3 Å². The minimum Gasteiger partial charge on any atom is -0.328 e. The molecule has 2 saturated heterocycles. The van der Waals surface area contributed by atoms with Crippen LogP contribution in [0.5, 0.6) is 0 Å². The Morgan fingerprint density at radius 3 is 3.00 bits per heavy atom. The van der Waals surface area contributed by atoms with Gasteiger partial charge in [0, 0.05) is 12.1 Å². The fourth-order valence-electron chi connectivity index (χ4n) is 2.26. The van der Waals surface area contributed by atoms with Gasteiger partial charge in [-0.1, -0.05) is 0 Å². The molecule has 10 heavy (non-hydrogen) atoms. The van der Waals surface area contributed by atoms with Crippen molar-refractivity contribution in [3.05, 3.63) is 0 Å². The lowest BCUT2D eigenvalue weighted by Crippen LogP contribution is -2.43. The summed E-state index contributed by atoms with van der Waals surface area (Å²) in [6, 6.07) is 1.35. The maximum atomic E-state index is 5.86. The third-order valence-electron chi connectivity index (χ3n) is 2.86. The molecule has 0 radical (unpaired) electrons. The van der Waals surface area contributed by atoms with Gasteiger partial charge < -0.3 is 10.6 Å². The standard InChI is InChI=1S/C8H16N2/c9-7-3-5-10-4-1-2-8(10)6-7/h7-8H,1-6,9H2/t7-,8+/m1/s1. The maximum absolute atomic E-state index is 5.86. The van der Waals surface area contributed by atoms with E-state index in [1.807, 2.05) is 0 Å². The average Bonchev–Trinajstić information content (AvgIpc) is 2.33. The molecule has 58 valence electrons. The van der Waals surface area contributed by atoms with E-state index in [2.05, 4.69) is 4.90 Å². The van der Waals surface area contributed by atoms with Crippen molar-refractivity contribution in [2.75, 3.05) is 13.1 Å². The third-order valence-corrected chi connectivity index (χ3v) is 2.86. The number of hydrogen-bond donors (Lipinski definition) is 1. The number of rotatable bonds is 0. The van der Waals surface area contributed by atoms with Crippen LogP contribution in [0.4, 0.5) is 0 Å².